The van der Waals surface area contributed by atoms with Gasteiger partial charge in [-0.15, -0.1) is 5.10 Å². The van der Waals surface area contributed by atoms with E-state index in [9.17, 15) is 4.79 Å². The second-order valence-electron chi connectivity index (χ2n) is 6.40. The van der Waals surface area contributed by atoms with Crippen molar-refractivity contribution in [1.82, 2.24) is 14.8 Å². The molecular formula is C22H16Cl2N4O. The van der Waals surface area contributed by atoms with Crippen LogP contribution in [0.4, 0.5) is 5.69 Å². The highest BCUT2D eigenvalue weighted by molar-refractivity contribution is 6.33. The maximum Gasteiger partial charge on any atom is 0.295 e. The van der Waals surface area contributed by atoms with Crippen LogP contribution in [0.5, 0.6) is 0 Å². The minimum absolute atomic E-state index is 0.0307. The smallest absolute Gasteiger partial charge is 0.295 e. The van der Waals surface area contributed by atoms with Crippen LogP contribution in [-0.4, -0.2) is 20.7 Å². The van der Waals surface area contributed by atoms with Crippen molar-refractivity contribution in [3.63, 3.8) is 0 Å². The number of aromatic nitrogens is 3. The Hall–Kier alpha value is -3.15. The number of benzene rings is 3. The van der Waals surface area contributed by atoms with Gasteiger partial charge in [-0.1, -0.05) is 71.7 Å². The van der Waals surface area contributed by atoms with Crippen LogP contribution in [0.2, 0.25) is 10.0 Å². The third-order valence-corrected chi connectivity index (χ3v) is 4.93. The number of carbonyl (C=O) groups excluding carboxylic acids is 1. The van der Waals surface area contributed by atoms with Gasteiger partial charge in [0.15, 0.2) is 5.82 Å². The lowest BCUT2D eigenvalue weighted by Crippen LogP contribution is -2.14. The molecule has 0 unspecified atom stereocenters. The van der Waals surface area contributed by atoms with E-state index in [1.165, 1.54) is 0 Å². The molecule has 1 aromatic heterocycles. The molecule has 4 rings (SSSR count). The summed E-state index contributed by atoms with van der Waals surface area (Å²) >= 11 is 12.4. The van der Waals surface area contributed by atoms with E-state index >= 15 is 0 Å². The van der Waals surface area contributed by atoms with Crippen LogP contribution >= 0.6 is 23.2 Å². The molecule has 0 radical (unpaired) electrons. The molecule has 29 heavy (non-hydrogen) atoms. The number of para-hydroxylation sites is 1. The van der Waals surface area contributed by atoms with Crippen molar-refractivity contribution >= 4 is 34.8 Å². The number of amides is 1. The molecule has 0 fully saturated rings. The Bertz CT molecular complexity index is 1190. The van der Waals surface area contributed by atoms with E-state index in [0.29, 0.717) is 21.6 Å². The number of rotatable bonds is 4. The predicted octanol–water partition coefficient (Wildman–Crippen LogP) is 5.80. The van der Waals surface area contributed by atoms with Crippen LogP contribution in [0.3, 0.4) is 0 Å². The lowest BCUT2D eigenvalue weighted by atomic mass is 10.2. The number of hydrogen-bond acceptors (Lipinski definition) is 3. The van der Waals surface area contributed by atoms with E-state index < -0.39 is 5.91 Å². The van der Waals surface area contributed by atoms with Crippen LogP contribution in [0.1, 0.15) is 16.2 Å². The van der Waals surface area contributed by atoms with Crippen LogP contribution in [-0.2, 0) is 0 Å². The molecule has 7 heteroatoms. The number of aryl methyl sites for hydroxylation is 1. The normalized spacial score (nSPS) is 10.7. The third-order valence-electron chi connectivity index (χ3n) is 4.36. The quantitative estimate of drug-likeness (QED) is 0.451. The molecule has 1 heterocycles. The summed E-state index contributed by atoms with van der Waals surface area (Å²) in [6, 6.07) is 22.1. The van der Waals surface area contributed by atoms with Crippen LogP contribution in [0.25, 0.3) is 17.1 Å². The fourth-order valence-corrected chi connectivity index (χ4v) is 3.25. The van der Waals surface area contributed by atoms with Gasteiger partial charge in [0.05, 0.1) is 16.4 Å². The Labute approximate surface area is 177 Å². The van der Waals surface area contributed by atoms with E-state index in [-0.39, 0.29) is 5.82 Å². The van der Waals surface area contributed by atoms with E-state index in [1.807, 2.05) is 49.4 Å². The molecule has 144 valence electrons. The van der Waals surface area contributed by atoms with Gasteiger partial charge in [0.25, 0.3) is 5.91 Å². The maximum atomic E-state index is 12.8. The lowest BCUT2D eigenvalue weighted by molar-refractivity contribution is 0.101. The van der Waals surface area contributed by atoms with E-state index in [1.54, 1.807) is 35.0 Å². The second-order valence-corrected chi connectivity index (χ2v) is 7.25. The highest BCUT2D eigenvalue weighted by Gasteiger charge is 2.20. The predicted molar refractivity (Wildman–Crippen MR) is 116 cm³/mol. The summed E-state index contributed by atoms with van der Waals surface area (Å²) in [6.07, 6.45) is 0. The molecule has 1 amide bonds. The summed E-state index contributed by atoms with van der Waals surface area (Å²) < 4.78 is 1.64. The van der Waals surface area contributed by atoms with Gasteiger partial charge >= 0.3 is 0 Å². The second kappa shape index (κ2) is 8.07. The van der Waals surface area contributed by atoms with Crippen LogP contribution in [0.15, 0.2) is 72.8 Å². The number of halogens is 2. The maximum absolute atomic E-state index is 12.8. The molecule has 0 aliphatic carbocycles. The first-order valence-corrected chi connectivity index (χ1v) is 9.63. The highest BCUT2D eigenvalue weighted by Crippen LogP contribution is 2.26. The molecule has 0 bridgehead atoms. The Morgan fingerprint density at radius 3 is 2.45 bits per heavy atom. The van der Waals surface area contributed by atoms with Gasteiger partial charge in [0, 0.05) is 10.6 Å². The number of nitrogens with zero attached hydrogens (tertiary/aromatic N) is 3. The molecule has 0 atom stereocenters. The van der Waals surface area contributed by atoms with Gasteiger partial charge in [0.1, 0.15) is 0 Å². The molecule has 1 N–H and O–H groups in total. The van der Waals surface area contributed by atoms with E-state index in [4.69, 9.17) is 23.2 Å². The molecule has 3 aromatic carbocycles. The SMILES string of the molecule is Cc1ccc(Cl)cc1-n1nc(C(=O)Nc2ccccc2Cl)nc1-c1ccccc1. The van der Waals surface area contributed by atoms with Crippen LogP contribution < -0.4 is 5.32 Å². The first-order valence-electron chi connectivity index (χ1n) is 8.88. The monoisotopic (exact) mass is 422 g/mol. The van der Waals surface area contributed by atoms with Gasteiger partial charge in [-0.05, 0) is 36.8 Å². The van der Waals surface area contributed by atoms with E-state index in [2.05, 4.69) is 15.4 Å². The lowest BCUT2D eigenvalue weighted by Gasteiger charge is -2.09. The molecule has 0 saturated carbocycles. The zero-order valence-corrected chi connectivity index (χ0v) is 16.9. The van der Waals surface area contributed by atoms with Crippen LogP contribution in [0, 0.1) is 6.92 Å². The fourth-order valence-electron chi connectivity index (χ4n) is 2.90. The van der Waals surface area contributed by atoms with Crippen molar-refractivity contribution in [3.8, 4) is 17.1 Å². The summed E-state index contributed by atoms with van der Waals surface area (Å²) in [4.78, 5) is 17.3. The number of hydrogen-bond donors (Lipinski definition) is 1. The van der Waals surface area contributed by atoms with Gasteiger partial charge in [-0.25, -0.2) is 9.67 Å². The van der Waals surface area contributed by atoms with Crippen molar-refractivity contribution in [1.29, 1.82) is 0 Å². The molecule has 0 aliphatic heterocycles. The first kappa shape index (κ1) is 19.2. The topological polar surface area (TPSA) is 59.8 Å². The first-order chi connectivity index (χ1) is 14.0. The minimum Gasteiger partial charge on any atom is -0.318 e. The zero-order valence-electron chi connectivity index (χ0n) is 15.4. The van der Waals surface area contributed by atoms with E-state index in [0.717, 1.165) is 16.8 Å². The molecule has 0 aliphatic rings. The highest BCUT2D eigenvalue weighted by atomic mass is 35.5. The third kappa shape index (κ3) is 4.01. The Morgan fingerprint density at radius 1 is 0.966 bits per heavy atom. The summed E-state index contributed by atoms with van der Waals surface area (Å²) in [5.74, 6) is 0.122. The number of carbonyl (C=O) groups is 1. The molecular weight excluding hydrogens is 407 g/mol. The van der Waals surface area contributed by atoms with Crippen molar-refractivity contribution in [2.45, 2.75) is 6.92 Å². The summed E-state index contributed by atoms with van der Waals surface area (Å²) in [5, 5.41) is 8.25. The van der Waals surface area contributed by atoms with Gasteiger partial charge in [0.2, 0.25) is 5.82 Å². The average molecular weight is 423 g/mol. The Balaban J connectivity index is 1.81. The zero-order chi connectivity index (χ0) is 20.4. The Morgan fingerprint density at radius 2 is 1.69 bits per heavy atom. The molecule has 4 aromatic rings. The summed E-state index contributed by atoms with van der Waals surface area (Å²) in [7, 11) is 0. The van der Waals surface area contributed by atoms with Gasteiger partial charge in [-0.2, -0.15) is 0 Å². The molecule has 0 spiro atoms. The fraction of sp³-hybridized carbons (Fsp3) is 0.0455. The average Bonchev–Trinajstić information content (AvgIpc) is 3.17. The number of anilines is 1. The van der Waals surface area contributed by atoms with Crippen molar-refractivity contribution < 1.29 is 4.79 Å². The van der Waals surface area contributed by atoms with Crippen molar-refractivity contribution in [2.75, 3.05) is 5.32 Å². The van der Waals surface area contributed by atoms with Crippen molar-refractivity contribution in [3.05, 3.63) is 94.2 Å². The summed E-state index contributed by atoms with van der Waals surface area (Å²) in [6.45, 7) is 1.95. The molecule has 0 saturated heterocycles. The Kier molecular flexibility index (Phi) is 5.34. The molecule has 5 nitrogen and oxygen atoms in total. The largest absolute Gasteiger partial charge is 0.318 e. The van der Waals surface area contributed by atoms with Gasteiger partial charge < -0.3 is 5.32 Å². The minimum atomic E-state index is -0.450. The summed E-state index contributed by atoms with van der Waals surface area (Å²) in [5.41, 5.74) is 3.03. The standard InChI is InChI=1S/C22H16Cl2N4O/c1-14-11-12-16(23)13-19(14)28-21(15-7-3-2-4-8-15)26-20(27-28)22(29)25-18-10-6-5-9-17(18)24/h2-13H,1H3,(H,25,29). The van der Waals surface area contributed by atoms with Crippen molar-refractivity contribution in [2.24, 2.45) is 0 Å². The van der Waals surface area contributed by atoms with Gasteiger partial charge in [-0.3, -0.25) is 4.79 Å². The number of nitrogens with one attached hydrogen (secondary N) is 1.